The van der Waals surface area contributed by atoms with Crippen LogP contribution in [0.3, 0.4) is 0 Å². The van der Waals surface area contributed by atoms with E-state index in [0.29, 0.717) is 18.4 Å². The number of hydrogen-bond acceptors (Lipinski definition) is 3. The number of nitrogens with zero attached hydrogens (tertiary/aromatic N) is 1. The predicted molar refractivity (Wildman–Crippen MR) is 96.3 cm³/mol. The van der Waals surface area contributed by atoms with E-state index < -0.39 is 0 Å². The van der Waals surface area contributed by atoms with Crippen molar-refractivity contribution in [3.63, 3.8) is 0 Å². The summed E-state index contributed by atoms with van der Waals surface area (Å²) in [6.07, 6.45) is 4.78. The van der Waals surface area contributed by atoms with E-state index in [1.54, 1.807) is 0 Å². The van der Waals surface area contributed by atoms with Gasteiger partial charge >= 0.3 is 0 Å². The van der Waals surface area contributed by atoms with Crippen molar-refractivity contribution in [3.8, 4) is 0 Å². The highest BCUT2D eigenvalue weighted by Gasteiger charge is 2.27. The fraction of sp³-hybridized carbons (Fsp3) is 0.632. The summed E-state index contributed by atoms with van der Waals surface area (Å²) in [5, 5.41) is 3.84. The van der Waals surface area contributed by atoms with Gasteiger partial charge in [-0.15, -0.1) is 0 Å². The molecule has 0 saturated carbocycles. The number of ether oxygens (including phenoxy) is 1. The monoisotopic (exact) mass is 350 g/mol. The van der Waals surface area contributed by atoms with Crippen LogP contribution in [-0.4, -0.2) is 49.7 Å². The van der Waals surface area contributed by atoms with Crippen LogP contribution in [-0.2, 0) is 16.0 Å². The Bertz CT molecular complexity index is 538. The first-order valence-corrected chi connectivity index (χ1v) is 9.41. The fourth-order valence-electron chi connectivity index (χ4n) is 3.63. The molecule has 132 valence electrons. The second kappa shape index (κ2) is 8.84. The number of benzene rings is 1. The van der Waals surface area contributed by atoms with Gasteiger partial charge in [-0.2, -0.15) is 0 Å². The number of carbonyl (C=O) groups is 1. The first kappa shape index (κ1) is 17.7. The van der Waals surface area contributed by atoms with Gasteiger partial charge in [0.15, 0.2) is 0 Å². The third-order valence-corrected chi connectivity index (χ3v) is 5.42. The summed E-state index contributed by atoms with van der Waals surface area (Å²) in [5.41, 5.74) is 1.12. The Morgan fingerprint density at radius 1 is 1.29 bits per heavy atom. The summed E-state index contributed by atoms with van der Waals surface area (Å²) in [5.74, 6) is 0.750. The van der Waals surface area contributed by atoms with E-state index >= 15 is 0 Å². The molecule has 1 aromatic rings. The summed E-state index contributed by atoms with van der Waals surface area (Å²) in [4.78, 5) is 14.6. The zero-order valence-electron chi connectivity index (χ0n) is 14.2. The maximum atomic E-state index is 12.0. The molecule has 0 unspecified atom stereocenters. The van der Waals surface area contributed by atoms with Crippen LogP contribution in [0.5, 0.6) is 0 Å². The molecular weight excluding hydrogens is 324 g/mol. The number of likely N-dealkylation sites (tertiary alicyclic amines) is 1. The smallest absolute Gasteiger partial charge is 0.220 e. The quantitative estimate of drug-likeness (QED) is 0.857. The van der Waals surface area contributed by atoms with Gasteiger partial charge in [-0.1, -0.05) is 23.7 Å². The van der Waals surface area contributed by atoms with Gasteiger partial charge in [0.1, 0.15) is 0 Å². The lowest BCUT2D eigenvalue weighted by molar-refractivity contribution is -0.121. The van der Waals surface area contributed by atoms with Crippen molar-refractivity contribution in [1.29, 1.82) is 0 Å². The lowest BCUT2D eigenvalue weighted by Crippen LogP contribution is -2.44. The van der Waals surface area contributed by atoms with Gasteiger partial charge in [0.25, 0.3) is 0 Å². The molecule has 0 aromatic heterocycles. The first-order chi connectivity index (χ1) is 11.7. The van der Waals surface area contributed by atoms with E-state index in [2.05, 4.69) is 10.2 Å². The highest BCUT2D eigenvalue weighted by atomic mass is 35.5. The van der Waals surface area contributed by atoms with Gasteiger partial charge in [-0.3, -0.25) is 9.69 Å². The van der Waals surface area contributed by atoms with Gasteiger partial charge in [0.05, 0.1) is 6.61 Å². The Kier molecular flexibility index (Phi) is 6.52. The number of nitrogens with one attached hydrogen (secondary N) is 1. The molecule has 2 heterocycles. The molecule has 2 fully saturated rings. The molecule has 2 saturated heterocycles. The van der Waals surface area contributed by atoms with Crippen LogP contribution in [0.4, 0.5) is 0 Å². The highest BCUT2D eigenvalue weighted by Crippen LogP contribution is 2.22. The van der Waals surface area contributed by atoms with Crippen molar-refractivity contribution in [3.05, 3.63) is 34.9 Å². The first-order valence-electron chi connectivity index (χ1n) is 9.03. The molecule has 3 rings (SSSR count). The lowest BCUT2D eigenvalue weighted by Gasteiger charge is -2.35. The van der Waals surface area contributed by atoms with Crippen LogP contribution in [0.15, 0.2) is 24.3 Å². The van der Waals surface area contributed by atoms with Gasteiger partial charge in [0.2, 0.25) is 5.91 Å². The number of carbonyl (C=O) groups excluding carboxylic acids is 1. The van der Waals surface area contributed by atoms with Crippen LogP contribution in [0.25, 0.3) is 0 Å². The number of aryl methyl sites for hydroxylation is 1. The SMILES string of the molecule is O=C(CCc1cccc(Cl)c1)NCC1CCN([C@@H]2CCOC2)CC1. The third kappa shape index (κ3) is 5.20. The molecule has 0 aliphatic carbocycles. The Balaban J connectivity index is 1.32. The third-order valence-electron chi connectivity index (χ3n) is 5.19. The van der Waals surface area contributed by atoms with Crippen LogP contribution >= 0.6 is 11.6 Å². The van der Waals surface area contributed by atoms with Crippen LogP contribution < -0.4 is 5.32 Å². The molecule has 1 atom stereocenters. The average molecular weight is 351 g/mol. The Morgan fingerprint density at radius 2 is 2.12 bits per heavy atom. The van der Waals surface area contributed by atoms with E-state index in [0.717, 1.165) is 49.9 Å². The maximum Gasteiger partial charge on any atom is 0.220 e. The molecule has 4 nitrogen and oxygen atoms in total. The molecule has 2 aliphatic heterocycles. The Hall–Kier alpha value is -1.10. The van der Waals surface area contributed by atoms with E-state index in [9.17, 15) is 4.79 Å². The van der Waals surface area contributed by atoms with Crippen LogP contribution in [0.2, 0.25) is 5.02 Å². The topological polar surface area (TPSA) is 41.6 Å². The molecule has 1 amide bonds. The summed E-state index contributed by atoms with van der Waals surface area (Å²) < 4.78 is 5.48. The number of halogens is 1. The minimum Gasteiger partial charge on any atom is -0.380 e. The van der Waals surface area contributed by atoms with E-state index in [4.69, 9.17) is 16.3 Å². The summed E-state index contributed by atoms with van der Waals surface area (Å²) in [7, 11) is 0. The minimum atomic E-state index is 0.140. The van der Waals surface area contributed by atoms with Crippen LogP contribution in [0.1, 0.15) is 31.2 Å². The minimum absolute atomic E-state index is 0.140. The summed E-state index contributed by atoms with van der Waals surface area (Å²) in [6.45, 7) is 4.88. The van der Waals surface area contributed by atoms with E-state index in [1.165, 1.54) is 19.3 Å². The molecule has 1 aromatic carbocycles. The normalized spacial score (nSPS) is 22.6. The van der Waals surface area contributed by atoms with Crippen molar-refractivity contribution in [1.82, 2.24) is 10.2 Å². The van der Waals surface area contributed by atoms with Gasteiger partial charge in [-0.05, 0) is 62.4 Å². The Labute approximate surface area is 149 Å². The zero-order chi connectivity index (χ0) is 16.8. The van der Waals surface area contributed by atoms with Crippen molar-refractivity contribution in [2.75, 3.05) is 32.8 Å². The van der Waals surface area contributed by atoms with Crippen molar-refractivity contribution < 1.29 is 9.53 Å². The van der Waals surface area contributed by atoms with Crippen molar-refractivity contribution >= 4 is 17.5 Å². The van der Waals surface area contributed by atoms with E-state index in [1.807, 2.05) is 24.3 Å². The standard InChI is InChI=1S/C19H27ClN2O2/c20-17-3-1-2-15(12-17)4-5-19(23)21-13-16-6-9-22(10-7-16)18-8-11-24-14-18/h1-3,12,16,18H,4-11,13-14H2,(H,21,23)/t18-/m1/s1. The average Bonchev–Trinajstić information content (AvgIpc) is 3.13. The predicted octanol–water partition coefficient (Wildman–Crippen LogP) is 2.89. The number of piperidine rings is 1. The molecular formula is C19H27ClN2O2. The largest absolute Gasteiger partial charge is 0.380 e. The molecule has 24 heavy (non-hydrogen) atoms. The van der Waals surface area contributed by atoms with Gasteiger partial charge in [-0.25, -0.2) is 0 Å². The van der Waals surface area contributed by atoms with Gasteiger partial charge in [0, 0.05) is 30.6 Å². The van der Waals surface area contributed by atoms with Crippen molar-refractivity contribution in [2.45, 2.75) is 38.1 Å². The summed E-state index contributed by atoms with van der Waals surface area (Å²) in [6, 6.07) is 8.35. The van der Waals surface area contributed by atoms with Crippen LogP contribution in [0, 0.1) is 5.92 Å². The van der Waals surface area contributed by atoms with Crippen molar-refractivity contribution in [2.24, 2.45) is 5.92 Å². The lowest BCUT2D eigenvalue weighted by atomic mass is 9.95. The summed E-state index contributed by atoms with van der Waals surface area (Å²) >= 11 is 5.97. The van der Waals surface area contributed by atoms with Gasteiger partial charge < -0.3 is 10.1 Å². The molecule has 0 spiro atoms. The highest BCUT2D eigenvalue weighted by molar-refractivity contribution is 6.30. The zero-order valence-corrected chi connectivity index (χ0v) is 14.9. The molecule has 1 N–H and O–H groups in total. The van der Waals surface area contributed by atoms with E-state index in [-0.39, 0.29) is 5.91 Å². The Morgan fingerprint density at radius 3 is 2.83 bits per heavy atom. The maximum absolute atomic E-state index is 12.0. The molecule has 0 bridgehead atoms. The second-order valence-electron chi connectivity index (χ2n) is 6.93. The molecule has 5 heteroatoms. The number of rotatable bonds is 6. The number of hydrogen-bond donors (Lipinski definition) is 1. The molecule has 0 radical (unpaired) electrons. The second-order valence-corrected chi connectivity index (χ2v) is 7.37. The number of amides is 1. The fourth-order valence-corrected chi connectivity index (χ4v) is 3.84. The molecule has 2 aliphatic rings.